The molecule has 2 aromatic rings. The van der Waals surface area contributed by atoms with Gasteiger partial charge in [0.05, 0.1) is 11.6 Å². The Morgan fingerprint density at radius 3 is 2.90 bits per heavy atom. The van der Waals surface area contributed by atoms with Crippen molar-refractivity contribution in [3.8, 4) is 5.75 Å². The molecule has 2 aliphatic rings. The Bertz CT molecular complexity index is 857. The number of thiophene rings is 1. The first kappa shape index (κ1) is 24.1. The Labute approximate surface area is 204 Å². The number of halogens is 2. The minimum absolute atomic E-state index is 0. The van der Waals surface area contributed by atoms with Crippen molar-refractivity contribution < 1.29 is 13.9 Å². The molecule has 0 atom stereocenters. The van der Waals surface area contributed by atoms with Gasteiger partial charge in [-0.3, -0.25) is 4.99 Å². The summed E-state index contributed by atoms with van der Waals surface area (Å²) in [6.45, 7) is 6.12. The minimum atomic E-state index is -0.260. The maximum atomic E-state index is 13.9. The van der Waals surface area contributed by atoms with Crippen molar-refractivity contribution >= 4 is 46.3 Å². The molecule has 170 valence electrons. The molecule has 4 rings (SSSR count). The summed E-state index contributed by atoms with van der Waals surface area (Å²) >= 11 is 1.80. The number of fused-ring (bicyclic) bond motifs is 1. The van der Waals surface area contributed by atoms with Crippen molar-refractivity contribution in [3.63, 3.8) is 0 Å². The van der Waals surface area contributed by atoms with Crippen LogP contribution >= 0.6 is 35.3 Å². The van der Waals surface area contributed by atoms with Crippen LogP contribution in [-0.4, -0.2) is 45.0 Å². The predicted molar refractivity (Wildman–Crippen MR) is 134 cm³/mol. The third-order valence-electron chi connectivity index (χ3n) is 5.40. The average Bonchev–Trinajstić information content (AvgIpc) is 3.29. The number of rotatable bonds is 6. The summed E-state index contributed by atoms with van der Waals surface area (Å²) in [6.07, 6.45) is 2.77. The van der Waals surface area contributed by atoms with Gasteiger partial charge in [0.1, 0.15) is 11.6 Å². The van der Waals surface area contributed by atoms with Gasteiger partial charge in [0.2, 0.25) is 0 Å². The van der Waals surface area contributed by atoms with E-state index >= 15 is 0 Å². The number of hydrogen-bond acceptors (Lipinski definition) is 5. The Balaban J connectivity index is 0.00000272. The Morgan fingerprint density at radius 1 is 1.32 bits per heavy atom. The molecule has 0 radical (unpaired) electrons. The van der Waals surface area contributed by atoms with E-state index in [1.807, 2.05) is 0 Å². The number of aliphatic imine (C=N–C) groups is 1. The number of benzene rings is 1. The number of anilines is 1. The Kier molecular flexibility index (Phi) is 9.21. The minimum Gasteiger partial charge on any atom is -0.467 e. The SMILES string of the molecule is CCNC(=NCCc1cc(F)cc2c1OCOC2)NC1CCN(c2cccs2)CC1.I. The Hall–Kier alpha value is -1.59. The third-order valence-corrected chi connectivity index (χ3v) is 6.33. The number of guanidine groups is 1. The highest BCUT2D eigenvalue weighted by molar-refractivity contribution is 14.0. The molecule has 0 aliphatic carbocycles. The highest BCUT2D eigenvalue weighted by Gasteiger charge is 2.21. The summed E-state index contributed by atoms with van der Waals surface area (Å²) < 4.78 is 24.8. The molecule has 2 aliphatic heterocycles. The fourth-order valence-corrected chi connectivity index (χ4v) is 4.72. The maximum Gasteiger partial charge on any atom is 0.191 e. The quantitative estimate of drug-likeness (QED) is 0.316. The molecule has 0 unspecified atom stereocenters. The molecule has 2 N–H and O–H groups in total. The van der Waals surface area contributed by atoms with Crippen molar-refractivity contribution in [1.29, 1.82) is 0 Å². The molecule has 0 amide bonds. The van der Waals surface area contributed by atoms with E-state index in [-0.39, 0.29) is 36.6 Å². The number of nitrogens with zero attached hydrogens (tertiary/aromatic N) is 2. The zero-order chi connectivity index (χ0) is 20.8. The van der Waals surface area contributed by atoms with E-state index in [0.29, 0.717) is 25.6 Å². The summed E-state index contributed by atoms with van der Waals surface area (Å²) in [4.78, 5) is 7.17. The molecular weight excluding hydrogens is 530 g/mol. The number of hydrogen-bond donors (Lipinski definition) is 2. The van der Waals surface area contributed by atoms with E-state index in [2.05, 4.69) is 40.0 Å². The van der Waals surface area contributed by atoms with Crippen LogP contribution in [0.5, 0.6) is 5.75 Å². The van der Waals surface area contributed by atoms with Crippen LogP contribution in [0.15, 0.2) is 34.6 Å². The van der Waals surface area contributed by atoms with E-state index in [0.717, 1.165) is 55.3 Å². The van der Waals surface area contributed by atoms with E-state index in [1.165, 1.54) is 11.1 Å². The van der Waals surface area contributed by atoms with Crippen molar-refractivity contribution in [3.05, 3.63) is 46.6 Å². The monoisotopic (exact) mass is 560 g/mol. The molecule has 1 fully saturated rings. The van der Waals surface area contributed by atoms with Crippen LogP contribution in [0.4, 0.5) is 9.39 Å². The van der Waals surface area contributed by atoms with E-state index in [1.54, 1.807) is 17.4 Å². The molecule has 6 nitrogen and oxygen atoms in total. The van der Waals surface area contributed by atoms with Crippen LogP contribution in [0.2, 0.25) is 0 Å². The first-order valence-electron chi connectivity index (χ1n) is 10.6. The zero-order valence-electron chi connectivity index (χ0n) is 17.7. The fourth-order valence-electron chi connectivity index (χ4n) is 3.94. The molecule has 31 heavy (non-hydrogen) atoms. The van der Waals surface area contributed by atoms with Gasteiger partial charge in [0.15, 0.2) is 12.8 Å². The van der Waals surface area contributed by atoms with Crippen molar-refractivity contribution in [2.45, 2.75) is 38.8 Å². The van der Waals surface area contributed by atoms with E-state index in [9.17, 15) is 4.39 Å². The van der Waals surface area contributed by atoms with Crippen LogP contribution in [0.3, 0.4) is 0 Å². The maximum absolute atomic E-state index is 13.9. The standard InChI is InChI=1S/C22H29FN4O2S.HI/c1-2-24-22(26-19-6-9-27(10-7-19)20-4-3-11-30-20)25-8-5-16-12-18(23)13-17-14-28-15-29-21(16)17;/h3-4,11-13,19H,2,5-10,14-15H2,1H3,(H2,24,25,26);1H. The van der Waals surface area contributed by atoms with Crippen LogP contribution < -0.4 is 20.3 Å². The molecule has 1 saturated heterocycles. The second kappa shape index (κ2) is 11.9. The fraction of sp³-hybridized carbons (Fsp3) is 0.500. The second-order valence-electron chi connectivity index (χ2n) is 7.53. The molecule has 1 aromatic carbocycles. The van der Waals surface area contributed by atoms with Gasteiger partial charge in [0, 0.05) is 37.8 Å². The lowest BCUT2D eigenvalue weighted by atomic mass is 10.1. The van der Waals surface area contributed by atoms with Gasteiger partial charge < -0.3 is 25.0 Å². The topological polar surface area (TPSA) is 58.1 Å². The van der Waals surface area contributed by atoms with Crippen molar-refractivity contribution in [2.24, 2.45) is 4.99 Å². The average molecular weight is 560 g/mol. The lowest BCUT2D eigenvalue weighted by Gasteiger charge is -2.33. The van der Waals surface area contributed by atoms with E-state index < -0.39 is 0 Å². The first-order valence-corrected chi connectivity index (χ1v) is 11.5. The van der Waals surface area contributed by atoms with Crippen LogP contribution in [0.1, 0.15) is 30.9 Å². The summed E-state index contributed by atoms with van der Waals surface area (Å²) in [6, 6.07) is 7.72. The Morgan fingerprint density at radius 2 is 2.16 bits per heavy atom. The van der Waals surface area contributed by atoms with Crippen molar-refractivity contribution in [1.82, 2.24) is 10.6 Å². The second-order valence-corrected chi connectivity index (χ2v) is 8.46. The van der Waals surface area contributed by atoms with Gasteiger partial charge >= 0.3 is 0 Å². The van der Waals surface area contributed by atoms with Gasteiger partial charge in [0.25, 0.3) is 0 Å². The molecule has 0 saturated carbocycles. The number of ether oxygens (including phenoxy) is 2. The number of nitrogens with one attached hydrogen (secondary N) is 2. The largest absolute Gasteiger partial charge is 0.467 e. The highest BCUT2D eigenvalue weighted by Crippen LogP contribution is 2.30. The number of piperidine rings is 1. The molecule has 0 bridgehead atoms. The van der Waals surface area contributed by atoms with Crippen LogP contribution in [-0.2, 0) is 17.8 Å². The smallest absolute Gasteiger partial charge is 0.191 e. The lowest BCUT2D eigenvalue weighted by Crippen LogP contribution is -2.48. The van der Waals surface area contributed by atoms with Crippen LogP contribution in [0, 0.1) is 5.82 Å². The first-order chi connectivity index (χ1) is 14.7. The van der Waals surface area contributed by atoms with Crippen LogP contribution in [0.25, 0.3) is 0 Å². The summed E-state index contributed by atoms with van der Waals surface area (Å²) in [5, 5.41) is 10.4. The lowest BCUT2D eigenvalue weighted by molar-refractivity contribution is -0.0172. The van der Waals surface area contributed by atoms with Crippen molar-refractivity contribution in [2.75, 3.05) is 37.9 Å². The summed E-state index contributed by atoms with van der Waals surface area (Å²) in [5.74, 6) is 1.31. The molecule has 9 heteroatoms. The van der Waals surface area contributed by atoms with Gasteiger partial charge in [-0.15, -0.1) is 35.3 Å². The summed E-state index contributed by atoms with van der Waals surface area (Å²) in [7, 11) is 0. The van der Waals surface area contributed by atoms with Gasteiger partial charge in [-0.1, -0.05) is 0 Å². The molecule has 1 aromatic heterocycles. The van der Waals surface area contributed by atoms with E-state index in [4.69, 9.17) is 14.5 Å². The zero-order valence-corrected chi connectivity index (χ0v) is 20.9. The van der Waals surface area contributed by atoms with Gasteiger partial charge in [-0.05, 0) is 61.4 Å². The molecular formula is C22H30FIN4O2S. The van der Waals surface area contributed by atoms with Gasteiger partial charge in [-0.25, -0.2) is 4.39 Å². The summed E-state index contributed by atoms with van der Waals surface area (Å²) in [5.41, 5.74) is 1.61. The molecule has 3 heterocycles. The third kappa shape index (κ3) is 6.45. The van der Waals surface area contributed by atoms with Gasteiger partial charge in [-0.2, -0.15) is 0 Å². The predicted octanol–water partition coefficient (Wildman–Crippen LogP) is 4.14. The highest BCUT2D eigenvalue weighted by atomic mass is 127. The normalized spacial score (nSPS) is 16.8. The molecule has 0 spiro atoms.